The molecule has 0 bridgehead atoms. The van der Waals surface area contributed by atoms with Gasteiger partial charge in [0.25, 0.3) is 0 Å². The molecule has 0 fully saturated rings. The van der Waals surface area contributed by atoms with E-state index < -0.39 is 5.97 Å². The Morgan fingerprint density at radius 2 is 1.45 bits per heavy atom. The van der Waals surface area contributed by atoms with Crippen molar-refractivity contribution in [2.45, 2.75) is 83.3 Å². The van der Waals surface area contributed by atoms with E-state index in [1.165, 1.54) is 64.2 Å². The summed E-state index contributed by atoms with van der Waals surface area (Å²) in [5, 5.41) is 8.85. The number of hydrogen-bond acceptors (Lipinski definition) is 2. The molecule has 118 valence electrons. The Morgan fingerprint density at radius 3 is 1.90 bits per heavy atom. The molecule has 0 heterocycles. The van der Waals surface area contributed by atoms with E-state index in [0.29, 0.717) is 5.57 Å². The summed E-state index contributed by atoms with van der Waals surface area (Å²) < 4.78 is 0. The van der Waals surface area contributed by atoms with E-state index in [0.717, 1.165) is 5.75 Å². The van der Waals surface area contributed by atoms with Crippen molar-refractivity contribution in [3.8, 4) is 0 Å². The summed E-state index contributed by atoms with van der Waals surface area (Å²) >= 11 is 1.71. The topological polar surface area (TPSA) is 37.3 Å². The summed E-state index contributed by atoms with van der Waals surface area (Å²) in [4.78, 5) is 10.7. The van der Waals surface area contributed by atoms with Crippen LogP contribution in [0.3, 0.4) is 0 Å². The maximum atomic E-state index is 10.7. The lowest BCUT2D eigenvalue weighted by atomic mass is 10.1. The quantitative estimate of drug-likeness (QED) is 0.332. The molecule has 1 N–H and O–H groups in total. The molecule has 0 spiro atoms. The second-order valence-electron chi connectivity index (χ2n) is 5.53. The van der Waals surface area contributed by atoms with Crippen LogP contribution in [0.2, 0.25) is 0 Å². The highest BCUT2D eigenvalue weighted by Crippen LogP contribution is 2.20. The van der Waals surface area contributed by atoms with Gasteiger partial charge in [-0.15, -0.1) is 0 Å². The highest BCUT2D eigenvalue weighted by Gasteiger charge is 2.12. The van der Waals surface area contributed by atoms with E-state index in [4.69, 9.17) is 5.11 Å². The van der Waals surface area contributed by atoms with Gasteiger partial charge < -0.3 is 5.11 Å². The third-order valence-electron chi connectivity index (χ3n) is 3.63. The third kappa shape index (κ3) is 11.4. The first-order chi connectivity index (χ1) is 9.59. The summed E-state index contributed by atoms with van der Waals surface area (Å²) in [5.74, 6) is 0.178. The molecule has 0 aromatic rings. The normalized spacial score (nSPS) is 12.3. The summed E-state index contributed by atoms with van der Waals surface area (Å²) in [5.41, 5.74) is 0.321. The molecule has 0 radical (unpaired) electrons. The molecule has 0 aromatic carbocycles. The van der Waals surface area contributed by atoms with Crippen LogP contribution in [0.15, 0.2) is 12.2 Å². The van der Waals surface area contributed by atoms with Crippen molar-refractivity contribution >= 4 is 17.7 Å². The van der Waals surface area contributed by atoms with Crippen molar-refractivity contribution in [2.75, 3.05) is 5.75 Å². The number of thioether (sulfide) groups is 1. The zero-order valence-corrected chi connectivity index (χ0v) is 14.1. The van der Waals surface area contributed by atoms with E-state index in [1.807, 2.05) is 6.92 Å². The van der Waals surface area contributed by atoms with Crippen molar-refractivity contribution in [1.82, 2.24) is 0 Å². The number of hydrogen-bond donors (Lipinski definition) is 1. The van der Waals surface area contributed by atoms with Gasteiger partial charge >= 0.3 is 5.97 Å². The second-order valence-corrected chi connectivity index (χ2v) is 6.97. The first-order valence-electron chi connectivity index (χ1n) is 8.13. The lowest BCUT2D eigenvalue weighted by molar-refractivity contribution is -0.132. The summed E-state index contributed by atoms with van der Waals surface area (Å²) in [6.45, 7) is 7.79. The lowest BCUT2D eigenvalue weighted by Crippen LogP contribution is -2.10. The number of carboxylic acid groups (broad SMARTS) is 1. The van der Waals surface area contributed by atoms with Crippen molar-refractivity contribution in [3.05, 3.63) is 12.2 Å². The van der Waals surface area contributed by atoms with Gasteiger partial charge in [-0.25, -0.2) is 4.79 Å². The minimum Gasteiger partial charge on any atom is -0.478 e. The highest BCUT2D eigenvalue weighted by atomic mass is 32.2. The fraction of sp³-hybridized carbons (Fsp3) is 0.824. The van der Waals surface area contributed by atoms with Crippen molar-refractivity contribution in [3.63, 3.8) is 0 Å². The van der Waals surface area contributed by atoms with E-state index >= 15 is 0 Å². The van der Waals surface area contributed by atoms with E-state index in [1.54, 1.807) is 11.8 Å². The first-order valence-corrected chi connectivity index (χ1v) is 9.18. The maximum absolute atomic E-state index is 10.7. The maximum Gasteiger partial charge on any atom is 0.332 e. The SMILES string of the molecule is C=C(C(=O)O)C(C)SCCCCCCCCCCCC. The van der Waals surface area contributed by atoms with E-state index in [-0.39, 0.29) is 5.25 Å². The standard InChI is InChI=1S/C17H32O2S/c1-4-5-6-7-8-9-10-11-12-13-14-20-16(3)15(2)17(18)19/h16H,2,4-14H2,1,3H3,(H,18,19). The Morgan fingerprint density at radius 1 is 1.00 bits per heavy atom. The molecule has 0 aromatic heterocycles. The van der Waals surface area contributed by atoms with Gasteiger partial charge in [0.1, 0.15) is 0 Å². The van der Waals surface area contributed by atoms with Gasteiger partial charge in [0.05, 0.1) is 0 Å². The summed E-state index contributed by atoms with van der Waals surface area (Å²) in [7, 11) is 0. The molecule has 2 nitrogen and oxygen atoms in total. The molecular formula is C17H32O2S. The van der Waals surface area contributed by atoms with E-state index in [9.17, 15) is 4.79 Å². The van der Waals surface area contributed by atoms with Crippen LogP contribution in [-0.2, 0) is 4.79 Å². The van der Waals surface area contributed by atoms with Gasteiger partial charge in [0.15, 0.2) is 0 Å². The van der Waals surface area contributed by atoms with Crippen molar-refractivity contribution in [1.29, 1.82) is 0 Å². The summed E-state index contributed by atoms with van der Waals surface area (Å²) in [6.07, 6.45) is 13.4. The zero-order valence-electron chi connectivity index (χ0n) is 13.3. The van der Waals surface area contributed by atoms with Crippen LogP contribution in [0.4, 0.5) is 0 Å². The Labute approximate surface area is 129 Å². The highest BCUT2D eigenvalue weighted by molar-refractivity contribution is 8.00. The van der Waals surface area contributed by atoms with Crippen LogP contribution < -0.4 is 0 Å². The second kappa shape index (κ2) is 13.5. The average molecular weight is 301 g/mol. The molecule has 3 heteroatoms. The molecule has 0 saturated carbocycles. The number of aliphatic carboxylic acids is 1. The Hall–Kier alpha value is -0.440. The fourth-order valence-corrected chi connectivity index (χ4v) is 3.15. The smallest absolute Gasteiger partial charge is 0.332 e. The predicted octanol–water partition coefficient (Wildman–Crippen LogP) is 5.67. The largest absolute Gasteiger partial charge is 0.478 e. The van der Waals surface area contributed by atoms with Crippen molar-refractivity contribution in [2.24, 2.45) is 0 Å². The van der Waals surface area contributed by atoms with Crippen LogP contribution >= 0.6 is 11.8 Å². The van der Waals surface area contributed by atoms with Gasteiger partial charge in [-0.1, -0.05) is 71.3 Å². The number of rotatable bonds is 14. The molecule has 0 aliphatic carbocycles. The molecule has 0 amide bonds. The van der Waals surface area contributed by atoms with Gasteiger partial charge in [0.2, 0.25) is 0 Å². The minimum atomic E-state index is -0.868. The Kier molecular flexibility index (Phi) is 13.2. The van der Waals surface area contributed by atoms with Gasteiger partial charge in [-0.3, -0.25) is 0 Å². The molecule has 1 unspecified atom stereocenters. The molecular weight excluding hydrogens is 268 g/mol. The monoisotopic (exact) mass is 300 g/mol. The van der Waals surface area contributed by atoms with Crippen molar-refractivity contribution < 1.29 is 9.90 Å². The zero-order chi connectivity index (χ0) is 15.2. The van der Waals surface area contributed by atoms with Crippen LogP contribution in [0.1, 0.15) is 78.1 Å². The van der Waals surface area contributed by atoms with Gasteiger partial charge in [0, 0.05) is 10.8 Å². The third-order valence-corrected chi connectivity index (χ3v) is 4.94. The molecule has 0 aliphatic rings. The van der Waals surface area contributed by atoms with Gasteiger partial charge in [-0.05, 0) is 19.1 Å². The van der Waals surface area contributed by atoms with Crippen LogP contribution in [0, 0.1) is 0 Å². The molecule has 0 aliphatic heterocycles. The van der Waals surface area contributed by atoms with Gasteiger partial charge in [-0.2, -0.15) is 11.8 Å². The molecule has 20 heavy (non-hydrogen) atoms. The van der Waals surface area contributed by atoms with Crippen LogP contribution in [-0.4, -0.2) is 22.1 Å². The summed E-state index contributed by atoms with van der Waals surface area (Å²) in [6, 6.07) is 0. The average Bonchev–Trinajstić information content (AvgIpc) is 2.43. The molecule has 1 atom stereocenters. The van der Waals surface area contributed by atoms with E-state index in [2.05, 4.69) is 13.5 Å². The number of carbonyl (C=O) groups is 1. The molecule has 0 saturated heterocycles. The first kappa shape index (κ1) is 19.6. The number of unbranched alkanes of at least 4 members (excludes halogenated alkanes) is 9. The molecule has 0 rings (SSSR count). The van der Waals surface area contributed by atoms with Crippen LogP contribution in [0.5, 0.6) is 0 Å². The fourth-order valence-electron chi connectivity index (χ4n) is 2.12. The number of carboxylic acids is 1. The Balaban J connectivity index is 3.24. The van der Waals surface area contributed by atoms with Crippen LogP contribution in [0.25, 0.3) is 0 Å². The lowest BCUT2D eigenvalue weighted by Gasteiger charge is -2.10. The minimum absolute atomic E-state index is 0.0334. The predicted molar refractivity (Wildman–Crippen MR) is 90.5 cm³/mol. The Bertz CT molecular complexity index is 264.